The van der Waals surface area contributed by atoms with E-state index in [0.29, 0.717) is 11.7 Å². The normalized spacial score (nSPS) is 17.3. The van der Waals surface area contributed by atoms with Crippen LogP contribution >= 0.6 is 0 Å². The van der Waals surface area contributed by atoms with E-state index in [0.717, 1.165) is 6.42 Å². The predicted octanol–water partition coefficient (Wildman–Crippen LogP) is 2.91. The Morgan fingerprint density at radius 2 is 2.16 bits per heavy atom. The molecule has 19 heavy (non-hydrogen) atoms. The Morgan fingerprint density at radius 3 is 2.84 bits per heavy atom. The number of nitro benzene ring substituents is 1. The van der Waals surface area contributed by atoms with Crippen molar-refractivity contribution in [2.24, 2.45) is 5.92 Å². The topological polar surface area (TPSA) is 72.6 Å². The number of ether oxygens (including phenoxy) is 1. The second-order valence-corrected chi connectivity index (χ2v) is 5.11. The highest BCUT2D eigenvalue weighted by molar-refractivity contribution is 5.37. The molecule has 0 aromatic heterocycles. The van der Waals surface area contributed by atoms with Crippen LogP contribution in [0.25, 0.3) is 0 Å². The highest BCUT2D eigenvalue weighted by Crippen LogP contribution is 2.28. The van der Waals surface area contributed by atoms with Gasteiger partial charge in [-0.25, -0.2) is 0 Å². The van der Waals surface area contributed by atoms with Gasteiger partial charge in [0.15, 0.2) is 0 Å². The number of nitrogens with zero attached hydrogens (tertiary/aromatic N) is 1. The Bertz CT molecular complexity index is 429. The van der Waals surface area contributed by atoms with E-state index in [1.54, 1.807) is 12.1 Å². The first-order chi connectivity index (χ1) is 9.15. The Kier molecular flexibility index (Phi) is 4.74. The van der Waals surface area contributed by atoms with Crippen molar-refractivity contribution in [1.82, 2.24) is 0 Å². The first-order valence-electron chi connectivity index (χ1n) is 6.70. The summed E-state index contributed by atoms with van der Waals surface area (Å²) in [6.45, 7) is 0.192. The van der Waals surface area contributed by atoms with Gasteiger partial charge < -0.3 is 9.84 Å². The number of aliphatic hydroxyl groups is 1. The van der Waals surface area contributed by atoms with Gasteiger partial charge >= 0.3 is 0 Å². The molecular formula is C14H19NO4. The van der Waals surface area contributed by atoms with Crippen LogP contribution in [-0.4, -0.2) is 22.7 Å². The molecule has 1 aromatic carbocycles. The Balaban J connectivity index is 1.80. The summed E-state index contributed by atoms with van der Waals surface area (Å²) in [6.07, 6.45) is 5.14. The first-order valence-corrected chi connectivity index (χ1v) is 6.70. The fourth-order valence-electron chi connectivity index (χ4n) is 2.58. The number of rotatable bonds is 6. The average Bonchev–Trinajstić information content (AvgIpc) is 2.89. The number of benzene rings is 1. The summed E-state index contributed by atoms with van der Waals surface area (Å²) in [5.41, 5.74) is 0.00258. The third-order valence-electron chi connectivity index (χ3n) is 3.55. The molecule has 1 N–H and O–H groups in total. The Labute approximate surface area is 112 Å². The maximum absolute atomic E-state index is 10.6. The van der Waals surface area contributed by atoms with E-state index in [2.05, 4.69) is 0 Å². The molecule has 1 aliphatic carbocycles. The fraction of sp³-hybridized carbons (Fsp3) is 0.571. The number of nitro groups is 1. The van der Waals surface area contributed by atoms with Crippen molar-refractivity contribution < 1.29 is 14.8 Å². The van der Waals surface area contributed by atoms with Gasteiger partial charge in [-0.3, -0.25) is 10.1 Å². The van der Waals surface area contributed by atoms with Crippen LogP contribution in [0.5, 0.6) is 5.75 Å². The molecule has 0 aliphatic heterocycles. The van der Waals surface area contributed by atoms with Crippen molar-refractivity contribution in [2.45, 2.75) is 38.2 Å². The molecule has 1 fully saturated rings. The maximum atomic E-state index is 10.6. The second-order valence-electron chi connectivity index (χ2n) is 5.11. The van der Waals surface area contributed by atoms with E-state index in [9.17, 15) is 15.2 Å². The van der Waals surface area contributed by atoms with E-state index < -0.39 is 11.0 Å². The average molecular weight is 265 g/mol. The number of aliphatic hydroxyl groups excluding tert-OH is 1. The molecule has 0 radical (unpaired) electrons. The van der Waals surface area contributed by atoms with Crippen LogP contribution in [0.4, 0.5) is 5.69 Å². The SMILES string of the molecule is O=[N+]([O-])c1cccc(OCC(O)CC2CCCC2)c1. The van der Waals surface area contributed by atoms with E-state index in [1.165, 1.54) is 37.8 Å². The van der Waals surface area contributed by atoms with Gasteiger partial charge in [-0.15, -0.1) is 0 Å². The van der Waals surface area contributed by atoms with Gasteiger partial charge in [0.05, 0.1) is 17.1 Å². The highest BCUT2D eigenvalue weighted by atomic mass is 16.6. The van der Waals surface area contributed by atoms with Crippen LogP contribution in [0.1, 0.15) is 32.1 Å². The van der Waals surface area contributed by atoms with Crippen molar-refractivity contribution in [3.63, 3.8) is 0 Å². The number of hydrogen-bond acceptors (Lipinski definition) is 4. The summed E-state index contributed by atoms with van der Waals surface area (Å²) >= 11 is 0. The van der Waals surface area contributed by atoms with E-state index in [-0.39, 0.29) is 12.3 Å². The lowest BCUT2D eigenvalue weighted by atomic mass is 10.0. The summed E-state index contributed by atoms with van der Waals surface area (Å²) in [7, 11) is 0. The zero-order chi connectivity index (χ0) is 13.7. The number of hydrogen-bond donors (Lipinski definition) is 1. The molecule has 5 nitrogen and oxygen atoms in total. The van der Waals surface area contributed by atoms with Gasteiger partial charge in [-0.1, -0.05) is 31.7 Å². The lowest BCUT2D eigenvalue weighted by Crippen LogP contribution is -2.20. The predicted molar refractivity (Wildman–Crippen MR) is 71.2 cm³/mol. The van der Waals surface area contributed by atoms with E-state index in [4.69, 9.17) is 4.74 Å². The summed E-state index contributed by atoms with van der Waals surface area (Å²) in [5, 5.41) is 20.5. The van der Waals surface area contributed by atoms with Crippen molar-refractivity contribution in [3.05, 3.63) is 34.4 Å². The van der Waals surface area contributed by atoms with Crippen LogP contribution in [0.15, 0.2) is 24.3 Å². The van der Waals surface area contributed by atoms with Crippen molar-refractivity contribution in [1.29, 1.82) is 0 Å². The van der Waals surface area contributed by atoms with Gasteiger partial charge in [0.1, 0.15) is 12.4 Å². The van der Waals surface area contributed by atoms with Gasteiger partial charge in [-0.2, -0.15) is 0 Å². The van der Waals surface area contributed by atoms with Gasteiger partial charge in [-0.05, 0) is 18.4 Å². The Morgan fingerprint density at radius 1 is 1.42 bits per heavy atom. The first kappa shape index (κ1) is 13.8. The van der Waals surface area contributed by atoms with Crippen molar-refractivity contribution in [2.75, 3.05) is 6.61 Å². The van der Waals surface area contributed by atoms with Crippen molar-refractivity contribution >= 4 is 5.69 Å². The monoisotopic (exact) mass is 265 g/mol. The summed E-state index contributed by atoms with van der Waals surface area (Å²) in [5.74, 6) is 1.03. The Hall–Kier alpha value is -1.62. The maximum Gasteiger partial charge on any atom is 0.273 e. The van der Waals surface area contributed by atoms with Crippen LogP contribution < -0.4 is 4.74 Å². The van der Waals surface area contributed by atoms with Crippen LogP contribution in [0, 0.1) is 16.0 Å². The summed E-state index contributed by atoms with van der Waals surface area (Å²) in [4.78, 5) is 10.2. The zero-order valence-corrected chi connectivity index (χ0v) is 10.8. The third-order valence-corrected chi connectivity index (χ3v) is 3.55. The minimum atomic E-state index is -0.498. The lowest BCUT2D eigenvalue weighted by Gasteiger charge is -2.16. The minimum Gasteiger partial charge on any atom is -0.491 e. The van der Waals surface area contributed by atoms with E-state index in [1.807, 2.05) is 0 Å². The zero-order valence-electron chi connectivity index (χ0n) is 10.8. The molecule has 0 spiro atoms. The molecule has 1 unspecified atom stereocenters. The van der Waals surface area contributed by atoms with Crippen LogP contribution in [0.2, 0.25) is 0 Å². The van der Waals surface area contributed by atoms with Gasteiger partial charge in [0.2, 0.25) is 0 Å². The summed E-state index contributed by atoms with van der Waals surface area (Å²) < 4.78 is 5.41. The second kappa shape index (κ2) is 6.52. The molecule has 0 saturated heterocycles. The quantitative estimate of drug-likeness (QED) is 0.634. The largest absolute Gasteiger partial charge is 0.491 e. The molecule has 2 rings (SSSR count). The summed E-state index contributed by atoms with van der Waals surface area (Å²) in [6, 6.07) is 6.04. The van der Waals surface area contributed by atoms with Crippen molar-refractivity contribution in [3.8, 4) is 5.75 Å². The lowest BCUT2D eigenvalue weighted by molar-refractivity contribution is -0.384. The molecule has 0 heterocycles. The molecular weight excluding hydrogens is 246 g/mol. The molecule has 1 atom stereocenters. The van der Waals surface area contributed by atoms with E-state index >= 15 is 0 Å². The third kappa shape index (κ3) is 4.21. The smallest absolute Gasteiger partial charge is 0.273 e. The van der Waals surface area contributed by atoms with Crippen LogP contribution in [0.3, 0.4) is 0 Å². The molecule has 0 amide bonds. The van der Waals surface area contributed by atoms with Crippen LogP contribution in [-0.2, 0) is 0 Å². The molecule has 1 aliphatic rings. The minimum absolute atomic E-state index is 0.00258. The molecule has 104 valence electrons. The molecule has 1 aromatic rings. The molecule has 0 bridgehead atoms. The molecule has 1 saturated carbocycles. The standard InChI is InChI=1S/C14H19NO4/c16-13(8-11-4-1-2-5-11)10-19-14-7-3-6-12(9-14)15(17)18/h3,6-7,9,11,13,16H,1-2,4-5,8,10H2. The van der Waals surface area contributed by atoms with Gasteiger partial charge in [0.25, 0.3) is 5.69 Å². The molecule has 5 heteroatoms. The highest BCUT2D eigenvalue weighted by Gasteiger charge is 2.19. The number of non-ortho nitro benzene ring substituents is 1. The van der Waals surface area contributed by atoms with Gasteiger partial charge in [0, 0.05) is 6.07 Å². The fourth-order valence-corrected chi connectivity index (χ4v) is 2.58.